The highest BCUT2D eigenvalue weighted by Gasteiger charge is 2.24. The van der Waals surface area contributed by atoms with E-state index in [0.717, 1.165) is 18.7 Å². The van der Waals surface area contributed by atoms with Crippen LogP contribution in [0.15, 0.2) is 24.3 Å². The van der Waals surface area contributed by atoms with Crippen molar-refractivity contribution in [1.29, 1.82) is 5.41 Å². The van der Waals surface area contributed by atoms with Gasteiger partial charge in [0.15, 0.2) is 0 Å². The molecule has 1 aromatic carbocycles. The van der Waals surface area contributed by atoms with Crippen molar-refractivity contribution in [2.45, 2.75) is 25.8 Å². The molecule has 1 fully saturated rings. The van der Waals surface area contributed by atoms with Gasteiger partial charge in [0.05, 0.1) is 0 Å². The van der Waals surface area contributed by atoms with Crippen molar-refractivity contribution in [3.63, 3.8) is 0 Å². The fourth-order valence-corrected chi connectivity index (χ4v) is 2.84. The molecule has 1 saturated heterocycles. The summed E-state index contributed by atoms with van der Waals surface area (Å²) < 4.78 is 0. The Balaban J connectivity index is 1.99. The van der Waals surface area contributed by atoms with E-state index in [2.05, 4.69) is 23.8 Å². The van der Waals surface area contributed by atoms with Crippen LogP contribution in [0.1, 0.15) is 25.3 Å². The lowest BCUT2D eigenvalue weighted by Crippen LogP contribution is -2.38. The molecule has 1 atom stereocenters. The summed E-state index contributed by atoms with van der Waals surface area (Å²) in [5.41, 5.74) is 7.44. The monoisotopic (exact) mass is 260 g/mol. The number of hydrogen-bond acceptors (Lipinski definition) is 3. The Morgan fingerprint density at radius 3 is 2.68 bits per heavy atom. The molecule has 0 saturated carbocycles. The van der Waals surface area contributed by atoms with E-state index >= 15 is 0 Å². The maximum Gasteiger partial charge on any atom is 0.122 e. The van der Waals surface area contributed by atoms with E-state index in [1.165, 1.54) is 25.1 Å². The van der Waals surface area contributed by atoms with Crippen molar-refractivity contribution in [3.8, 4) is 0 Å². The van der Waals surface area contributed by atoms with Crippen molar-refractivity contribution >= 4 is 11.5 Å². The highest BCUT2D eigenvalue weighted by Crippen LogP contribution is 2.20. The van der Waals surface area contributed by atoms with Crippen molar-refractivity contribution in [1.82, 2.24) is 4.90 Å². The average Bonchev–Trinajstić information content (AvgIpc) is 2.86. The Morgan fingerprint density at radius 2 is 2.11 bits per heavy atom. The van der Waals surface area contributed by atoms with Gasteiger partial charge in [0.2, 0.25) is 0 Å². The predicted octanol–water partition coefficient (Wildman–Crippen LogP) is 1.89. The highest BCUT2D eigenvalue weighted by molar-refractivity contribution is 5.95. The van der Waals surface area contributed by atoms with E-state index in [4.69, 9.17) is 11.1 Å². The Bertz CT molecular complexity index is 426. The minimum atomic E-state index is 0.127. The van der Waals surface area contributed by atoms with Gasteiger partial charge in [-0.15, -0.1) is 0 Å². The number of rotatable bonds is 5. The number of likely N-dealkylation sites (tertiary alicyclic amines) is 1. The first-order valence-corrected chi connectivity index (χ1v) is 7.01. The maximum atomic E-state index is 7.40. The molecule has 0 spiro atoms. The largest absolute Gasteiger partial charge is 0.384 e. The number of nitrogen functional groups attached to an aromatic ring is 1. The van der Waals surface area contributed by atoms with Gasteiger partial charge in [0.1, 0.15) is 5.84 Å². The number of benzene rings is 1. The van der Waals surface area contributed by atoms with Gasteiger partial charge in [-0.25, -0.2) is 0 Å². The summed E-state index contributed by atoms with van der Waals surface area (Å²) in [6.45, 7) is 5.67. The topological polar surface area (TPSA) is 56.4 Å². The van der Waals surface area contributed by atoms with E-state index in [0.29, 0.717) is 6.04 Å². The third-order valence-electron chi connectivity index (χ3n) is 4.01. The molecule has 0 aromatic heterocycles. The third kappa shape index (κ3) is 3.26. The summed E-state index contributed by atoms with van der Waals surface area (Å²) in [4.78, 5) is 4.85. The number of anilines is 1. The molecule has 4 nitrogen and oxygen atoms in total. The van der Waals surface area contributed by atoms with Gasteiger partial charge in [-0.05, 0) is 50.2 Å². The Hall–Kier alpha value is -1.55. The minimum absolute atomic E-state index is 0.127. The van der Waals surface area contributed by atoms with Gasteiger partial charge in [-0.1, -0.05) is 6.92 Å². The molecule has 2 rings (SSSR count). The quantitative estimate of drug-likeness (QED) is 0.628. The number of nitrogens with zero attached hydrogens (tertiary/aromatic N) is 2. The number of likely N-dealkylation sites (N-methyl/N-ethyl adjacent to an activating group) is 2. The second kappa shape index (κ2) is 6.06. The van der Waals surface area contributed by atoms with Crippen LogP contribution >= 0.6 is 0 Å². The van der Waals surface area contributed by atoms with Gasteiger partial charge in [0.25, 0.3) is 0 Å². The van der Waals surface area contributed by atoms with Crippen LogP contribution in [-0.2, 0) is 0 Å². The molecule has 0 bridgehead atoms. The van der Waals surface area contributed by atoms with Gasteiger partial charge in [0, 0.05) is 30.9 Å². The number of nitrogens with two attached hydrogens (primary N) is 1. The second-order valence-corrected chi connectivity index (χ2v) is 5.27. The second-order valence-electron chi connectivity index (χ2n) is 5.27. The number of nitrogens with one attached hydrogen (secondary N) is 1. The molecule has 4 heteroatoms. The van der Waals surface area contributed by atoms with E-state index < -0.39 is 0 Å². The normalized spacial score (nSPS) is 19.6. The van der Waals surface area contributed by atoms with E-state index in [1.54, 1.807) is 0 Å². The summed E-state index contributed by atoms with van der Waals surface area (Å²) >= 11 is 0. The Labute approximate surface area is 115 Å². The van der Waals surface area contributed by atoms with Crippen LogP contribution in [0.2, 0.25) is 0 Å². The van der Waals surface area contributed by atoms with Crippen LogP contribution in [-0.4, -0.2) is 43.5 Å². The molecule has 1 aliphatic heterocycles. The molecular formula is C15H24N4. The summed E-state index contributed by atoms with van der Waals surface area (Å²) in [6, 6.07) is 8.59. The Kier molecular flexibility index (Phi) is 4.43. The smallest absolute Gasteiger partial charge is 0.122 e. The lowest BCUT2D eigenvalue weighted by atomic mass is 10.1. The fraction of sp³-hybridized carbons (Fsp3) is 0.533. The molecule has 104 valence electrons. The number of hydrogen-bond donors (Lipinski definition) is 2. The first-order valence-electron chi connectivity index (χ1n) is 7.01. The SMILES string of the molecule is CCN1CCCC1CN(C)c1ccc(C(=N)N)cc1. The van der Waals surface area contributed by atoms with Crippen LogP contribution in [0.25, 0.3) is 0 Å². The first kappa shape index (κ1) is 13.9. The average molecular weight is 260 g/mol. The van der Waals surface area contributed by atoms with Crippen LogP contribution in [0.5, 0.6) is 0 Å². The molecule has 0 radical (unpaired) electrons. The Morgan fingerprint density at radius 1 is 1.42 bits per heavy atom. The lowest BCUT2D eigenvalue weighted by Gasteiger charge is -2.29. The molecule has 0 amide bonds. The zero-order valence-electron chi connectivity index (χ0n) is 11.9. The van der Waals surface area contributed by atoms with Gasteiger partial charge >= 0.3 is 0 Å². The van der Waals surface area contributed by atoms with Crippen molar-refractivity contribution in [3.05, 3.63) is 29.8 Å². The van der Waals surface area contributed by atoms with Gasteiger partial charge < -0.3 is 10.6 Å². The van der Waals surface area contributed by atoms with E-state index in [9.17, 15) is 0 Å². The molecule has 0 aliphatic carbocycles. The van der Waals surface area contributed by atoms with Crippen LogP contribution in [0.4, 0.5) is 5.69 Å². The molecular weight excluding hydrogens is 236 g/mol. The van der Waals surface area contributed by atoms with Crippen molar-refractivity contribution < 1.29 is 0 Å². The van der Waals surface area contributed by atoms with Crippen LogP contribution in [0, 0.1) is 5.41 Å². The molecule has 19 heavy (non-hydrogen) atoms. The molecule has 3 N–H and O–H groups in total. The summed E-state index contributed by atoms with van der Waals surface area (Å²) in [5.74, 6) is 0.127. The van der Waals surface area contributed by atoms with Crippen LogP contribution < -0.4 is 10.6 Å². The van der Waals surface area contributed by atoms with Crippen molar-refractivity contribution in [2.24, 2.45) is 5.73 Å². The molecule has 1 heterocycles. The zero-order valence-corrected chi connectivity index (χ0v) is 11.9. The third-order valence-corrected chi connectivity index (χ3v) is 4.01. The zero-order chi connectivity index (χ0) is 13.8. The molecule has 1 aromatic rings. The highest BCUT2D eigenvalue weighted by atomic mass is 15.2. The van der Waals surface area contributed by atoms with Crippen molar-refractivity contribution in [2.75, 3.05) is 31.6 Å². The summed E-state index contributed by atoms with van der Waals surface area (Å²) in [5, 5.41) is 7.40. The molecule has 1 unspecified atom stereocenters. The van der Waals surface area contributed by atoms with Gasteiger partial charge in [-0.2, -0.15) is 0 Å². The number of amidine groups is 1. The minimum Gasteiger partial charge on any atom is -0.384 e. The summed E-state index contributed by atoms with van der Waals surface area (Å²) in [6.07, 6.45) is 2.61. The first-order chi connectivity index (χ1) is 9.11. The molecule has 1 aliphatic rings. The lowest BCUT2D eigenvalue weighted by molar-refractivity contribution is 0.270. The van der Waals surface area contributed by atoms with Gasteiger partial charge in [-0.3, -0.25) is 10.3 Å². The predicted molar refractivity (Wildman–Crippen MR) is 81.0 cm³/mol. The fourth-order valence-electron chi connectivity index (χ4n) is 2.84. The van der Waals surface area contributed by atoms with Crippen LogP contribution in [0.3, 0.4) is 0 Å². The van der Waals surface area contributed by atoms with E-state index in [-0.39, 0.29) is 5.84 Å². The van der Waals surface area contributed by atoms with E-state index in [1.807, 2.05) is 24.3 Å². The standard InChI is InChI=1S/C15H24N4/c1-3-19-10-4-5-14(19)11-18(2)13-8-6-12(7-9-13)15(16)17/h6-9,14H,3-5,10-11H2,1-2H3,(H3,16,17). The maximum absolute atomic E-state index is 7.40. The summed E-state index contributed by atoms with van der Waals surface area (Å²) in [7, 11) is 2.13.